The SMILES string of the molecule is COC1CNC(Cl)CC1C1CC(C)NCC1C(=O)NC1NC2CN(C(=O)C3NC(C(F)(F)F)C(C#N)CC3C)CC2S1. The van der Waals surface area contributed by atoms with E-state index in [4.69, 9.17) is 16.3 Å². The van der Waals surface area contributed by atoms with Crippen LogP contribution in [0.2, 0.25) is 0 Å². The molecule has 42 heavy (non-hydrogen) atoms. The maximum Gasteiger partial charge on any atom is 0.405 e. The molecule has 0 spiro atoms. The zero-order valence-corrected chi connectivity index (χ0v) is 25.6. The number of nitrogens with zero attached hydrogens (tertiary/aromatic N) is 2. The van der Waals surface area contributed by atoms with Gasteiger partial charge in [0.1, 0.15) is 11.5 Å². The Balaban J connectivity index is 1.17. The molecule has 0 aromatic heterocycles. The molecule has 0 bridgehead atoms. The molecule has 0 aromatic rings. The molecule has 2 amide bonds. The van der Waals surface area contributed by atoms with Crippen molar-refractivity contribution in [2.75, 3.05) is 33.3 Å². The zero-order valence-electron chi connectivity index (χ0n) is 24.0. The van der Waals surface area contributed by atoms with E-state index in [1.54, 1.807) is 25.0 Å². The number of likely N-dealkylation sites (tertiary alicyclic amines) is 1. The van der Waals surface area contributed by atoms with E-state index in [0.29, 0.717) is 26.2 Å². The van der Waals surface area contributed by atoms with Crippen LogP contribution in [0.1, 0.15) is 33.1 Å². The van der Waals surface area contributed by atoms with Gasteiger partial charge in [0.25, 0.3) is 0 Å². The molecule has 0 aliphatic carbocycles. The number of alkyl halides is 4. The molecule has 0 aromatic carbocycles. The lowest BCUT2D eigenvalue weighted by Gasteiger charge is -2.45. The minimum atomic E-state index is -4.61. The Bertz CT molecular complexity index is 1040. The number of nitriles is 1. The first-order chi connectivity index (χ1) is 19.9. The summed E-state index contributed by atoms with van der Waals surface area (Å²) in [6, 6.07) is -1.09. The van der Waals surface area contributed by atoms with E-state index in [1.165, 1.54) is 11.8 Å². The van der Waals surface area contributed by atoms with Gasteiger partial charge in [-0.3, -0.25) is 25.5 Å². The summed E-state index contributed by atoms with van der Waals surface area (Å²) in [4.78, 5) is 28.6. The average Bonchev–Trinajstić information content (AvgIpc) is 3.50. The van der Waals surface area contributed by atoms with Crippen molar-refractivity contribution in [1.82, 2.24) is 31.5 Å². The third-order valence-electron chi connectivity index (χ3n) is 9.78. The van der Waals surface area contributed by atoms with Crippen LogP contribution in [0.25, 0.3) is 0 Å². The monoisotopic (exact) mass is 635 g/mol. The van der Waals surface area contributed by atoms with Crippen molar-refractivity contribution in [2.45, 2.75) is 85.8 Å². The highest BCUT2D eigenvalue weighted by Crippen LogP contribution is 2.39. The van der Waals surface area contributed by atoms with E-state index in [1.807, 2.05) is 0 Å². The number of hydrogen-bond acceptors (Lipinski definition) is 9. The molecular weight excluding hydrogens is 595 g/mol. The first-order valence-electron chi connectivity index (χ1n) is 14.8. The van der Waals surface area contributed by atoms with Crippen LogP contribution in [0.15, 0.2) is 0 Å². The van der Waals surface area contributed by atoms with Gasteiger partial charge in [0, 0.05) is 50.6 Å². The molecule has 5 saturated heterocycles. The summed E-state index contributed by atoms with van der Waals surface area (Å²) in [6.07, 6.45) is -3.06. The van der Waals surface area contributed by atoms with E-state index >= 15 is 0 Å². The lowest BCUT2D eigenvalue weighted by molar-refractivity contribution is -0.175. The Morgan fingerprint density at radius 3 is 2.52 bits per heavy atom. The number of nitrogens with one attached hydrogen (secondary N) is 5. The molecule has 13 atom stereocenters. The molecule has 236 valence electrons. The molecule has 5 rings (SSSR count). The number of hydrogen-bond donors (Lipinski definition) is 5. The van der Waals surface area contributed by atoms with Gasteiger partial charge in [0.15, 0.2) is 0 Å². The lowest BCUT2D eigenvalue weighted by Crippen LogP contribution is -2.62. The number of carbonyl (C=O) groups is 2. The van der Waals surface area contributed by atoms with Crippen LogP contribution in [0.5, 0.6) is 0 Å². The predicted molar refractivity (Wildman–Crippen MR) is 152 cm³/mol. The van der Waals surface area contributed by atoms with Gasteiger partial charge in [-0.05, 0) is 43.9 Å². The minimum Gasteiger partial charge on any atom is -0.380 e. The van der Waals surface area contributed by atoms with Crippen LogP contribution in [0.4, 0.5) is 13.2 Å². The van der Waals surface area contributed by atoms with E-state index < -0.39 is 30.1 Å². The molecule has 13 unspecified atom stereocenters. The third kappa shape index (κ3) is 6.67. The number of piperidine rings is 3. The molecule has 5 heterocycles. The second-order valence-electron chi connectivity index (χ2n) is 12.6. The van der Waals surface area contributed by atoms with Crippen LogP contribution >= 0.6 is 23.4 Å². The zero-order chi connectivity index (χ0) is 30.3. The average molecular weight is 636 g/mol. The fraction of sp³-hybridized carbons (Fsp3) is 0.889. The maximum absolute atomic E-state index is 13.6. The quantitative estimate of drug-likeness (QED) is 0.223. The first-order valence-corrected chi connectivity index (χ1v) is 16.1. The van der Waals surface area contributed by atoms with Crippen LogP contribution in [-0.2, 0) is 14.3 Å². The van der Waals surface area contributed by atoms with Crippen LogP contribution in [0.3, 0.4) is 0 Å². The summed E-state index contributed by atoms with van der Waals surface area (Å²) in [5, 5.41) is 25.0. The normalized spacial score (nSPS) is 44.3. The molecule has 15 heteroatoms. The number of ether oxygens (including phenoxy) is 1. The molecule has 5 fully saturated rings. The van der Waals surface area contributed by atoms with Gasteiger partial charge in [0.2, 0.25) is 11.8 Å². The summed E-state index contributed by atoms with van der Waals surface area (Å²) in [6.45, 7) is 5.77. The molecule has 10 nitrogen and oxygen atoms in total. The summed E-state index contributed by atoms with van der Waals surface area (Å²) < 4.78 is 46.5. The van der Waals surface area contributed by atoms with Gasteiger partial charge >= 0.3 is 6.18 Å². The summed E-state index contributed by atoms with van der Waals surface area (Å²) in [5.74, 6) is -2.02. The van der Waals surface area contributed by atoms with Gasteiger partial charge in [-0.25, -0.2) is 0 Å². The Kier molecular flexibility index (Phi) is 9.89. The maximum atomic E-state index is 13.6. The fourth-order valence-corrected chi connectivity index (χ4v) is 9.26. The van der Waals surface area contributed by atoms with Crippen molar-refractivity contribution in [3.05, 3.63) is 0 Å². The minimum absolute atomic E-state index is 0.00279. The van der Waals surface area contributed by atoms with Gasteiger partial charge in [0.05, 0.1) is 35.6 Å². The van der Waals surface area contributed by atoms with E-state index in [9.17, 15) is 28.0 Å². The molecule has 0 saturated carbocycles. The second kappa shape index (κ2) is 12.9. The summed E-state index contributed by atoms with van der Waals surface area (Å²) >= 11 is 7.99. The summed E-state index contributed by atoms with van der Waals surface area (Å²) in [7, 11) is 1.70. The van der Waals surface area contributed by atoms with E-state index in [2.05, 4.69) is 33.5 Å². The smallest absolute Gasteiger partial charge is 0.380 e. The predicted octanol–water partition coefficient (Wildman–Crippen LogP) is 1.17. The van der Waals surface area contributed by atoms with E-state index in [-0.39, 0.29) is 70.4 Å². The number of rotatable bonds is 5. The van der Waals surface area contributed by atoms with Crippen molar-refractivity contribution in [2.24, 2.45) is 29.6 Å². The Morgan fingerprint density at radius 1 is 1.10 bits per heavy atom. The van der Waals surface area contributed by atoms with Gasteiger partial charge in [-0.2, -0.15) is 18.4 Å². The number of fused-ring (bicyclic) bond motifs is 1. The Hall–Kier alpha value is -1.34. The second-order valence-corrected chi connectivity index (χ2v) is 14.4. The third-order valence-corrected chi connectivity index (χ3v) is 11.5. The molecule has 0 radical (unpaired) electrons. The van der Waals surface area contributed by atoms with Gasteiger partial charge in [-0.15, -0.1) is 23.4 Å². The van der Waals surface area contributed by atoms with Crippen LogP contribution < -0.4 is 26.6 Å². The van der Waals surface area contributed by atoms with Crippen LogP contribution in [-0.4, -0.2) is 103 Å². The Morgan fingerprint density at radius 2 is 1.86 bits per heavy atom. The number of halogens is 4. The van der Waals surface area contributed by atoms with Crippen molar-refractivity contribution >= 4 is 35.2 Å². The summed E-state index contributed by atoms with van der Waals surface area (Å²) in [5.41, 5.74) is -0.485. The lowest BCUT2D eigenvalue weighted by atomic mass is 9.70. The molecule has 5 aliphatic rings. The highest BCUT2D eigenvalue weighted by Gasteiger charge is 2.53. The van der Waals surface area contributed by atoms with Gasteiger partial charge in [-0.1, -0.05) is 6.92 Å². The fourth-order valence-electron chi connectivity index (χ4n) is 7.55. The first kappa shape index (κ1) is 32.1. The van der Waals surface area contributed by atoms with Crippen molar-refractivity contribution in [1.29, 1.82) is 5.26 Å². The number of thioether (sulfide) groups is 1. The molecule has 5 N–H and O–H groups in total. The highest BCUT2D eigenvalue weighted by molar-refractivity contribution is 8.00. The number of amides is 2. The van der Waals surface area contributed by atoms with E-state index in [0.717, 1.165) is 12.8 Å². The molecular formula is C27H41ClF3N7O3S. The van der Waals surface area contributed by atoms with Crippen LogP contribution in [0, 0.1) is 40.9 Å². The van der Waals surface area contributed by atoms with Crippen molar-refractivity contribution in [3.8, 4) is 6.07 Å². The standard InChI is InChI=1S/C27H41ClF3N7O3S/c1-12-4-14(7-32)23(27(29,30)31)36-22(12)25(40)38-10-18-20(11-38)42-26(35-18)37-24(39)17-8-33-13(2)5-15(17)16-6-21(28)34-9-19(16)41-3/h12-23,26,33-36H,4-6,8-11H2,1-3H3,(H,37,39). The van der Waals surface area contributed by atoms with Gasteiger partial charge < -0.3 is 20.3 Å². The molecule has 5 aliphatic heterocycles. The van der Waals surface area contributed by atoms with Crippen molar-refractivity contribution in [3.63, 3.8) is 0 Å². The Labute approximate surface area is 253 Å². The number of carbonyl (C=O) groups excluding carboxylic acids is 2. The van der Waals surface area contributed by atoms with Crippen molar-refractivity contribution < 1.29 is 27.5 Å². The largest absolute Gasteiger partial charge is 0.405 e. The topological polar surface area (TPSA) is 131 Å². The highest BCUT2D eigenvalue weighted by atomic mass is 35.5. The number of methoxy groups -OCH3 is 1.